The van der Waals surface area contributed by atoms with Gasteiger partial charge in [-0.3, -0.25) is 18.9 Å². The largest absolute Gasteiger partial charge is 0.468 e. The Morgan fingerprint density at radius 1 is 1.29 bits per heavy atom. The molecule has 3 heterocycles. The molecule has 5 atom stereocenters. The Kier molecular flexibility index (Phi) is 9.41. The van der Waals surface area contributed by atoms with E-state index in [0.29, 0.717) is 5.02 Å². The van der Waals surface area contributed by atoms with Crippen LogP contribution in [0, 0.1) is 0 Å². The van der Waals surface area contributed by atoms with E-state index in [2.05, 4.69) is 29.6 Å². The molecule has 1 unspecified atom stereocenters. The molecule has 1 saturated heterocycles. The van der Waals surface area contributed by atoms with Crippen molar-refractivity contribution in [3.8, 4) is 5.75 Å². The second kappa shape index (κ2) is 12.4. The molecule has 42 heavy (non-hydrogen) atoms. The number of carbonyl (C=O) groups is 1. The minimum absolute atomic E-state index is 0.105. The molecular formula is C22H29ClN7O10PS. The second-order valence-electron chi connectivity index (χ2n) is 9.39. The molecule has 17 nitrogen and oxygen atoms in total. The van der Waals surface area contributed by atoms with Crippen molar-refractivity contribution in [2.24, 2.45) is 0 Å². The minimum atomic E-state index is -4.27. The van der Waals surface area contributed by atoms with Gasteiger partial charge >= 0.3 is 13.7 Å². The summed E-state index contributed by atoms with van der Waals surface area (Å²) >= 11 is 5.89. The molecule has 2 aromatic heterocycles. The van der Waals surface area contributed by atoms with Crippen LogP contribution in [0.2, 0.25) is 5.02 Å². The molecule has 0 saturated carbocycles. The molecule has 0 aliphatic carbocycles. The number of aliphatic hydroxyl groups excluding tert-OH is 1. The molecule has 230 valence electrons. The number of rotatable bonds is 12. The summed E-state index contributed by atoms with van der Waals surface area (Å²) in [6.45, 7) is 0.231. The number of esters is 1. The lowest BCUT2D eigenvalue weighted by atomic mass is 9.96. The van der Waals surface area contributed by atoms with E-state index in [9.17, 15) is 28.0 Å². The number of ether oxygens (including phenoxy) is 2. The van der Waals surface area contributed by atoms with E-state index < -0.39 is 60.9 Å². The predicted octanol–water partition coefficient (Wildman–Crippen LogP) is 0.356. The average molecular weight is 650 g/mol. The molecule has 1 fully saturated rings. The van der Waals surface area contributed by atoms with Crippen LogP contribution >= 0.6 is 19.3 Å². The van der Waals surface area contributed by atoms with Crippen LogP contribution in [0.3, 0.4) is 0 Å². The van der Waals surface area contributed by atoms with Crippen molar-refractivity contribution in [3.05, 3.63) is 41.9 Å². The van der Waals surface area contributed by atoms with Crippen LogP contribution in [0.1, 0.15) is 13.2 Å². The molecule has 0 amide bonds. The average Bonchev–Trinajstić information content (AvgIpc) is 3.44. The first-order valence-electron chi connectivity index (χ1n) is 12.1. The lowest BCUT2D eigenvalue weighted by Crippen LogP contribution is -2.44. The first-order chi connectivity index (χ1) is 19.6. The number of aliphatic hydroxyl groups is 2. The Morgan fingerprint density at radius 2 is 1.98 bits per heavy atom. The van der Waals surface area contributed by atoms with Gasteiger partial charge in [-0.05, 0) is 31.2 Å². The fourth-order valence-electron chi connectivity index (χ4n) is 4.07. The first-order valence-corrected chi connectivity index (χ1v) is 15.9. The number of nitrogens with one attached hydrogen (secondary N) is 2. The Labute approximate surface area is 245 Å². The van der Waals surface area contributed by atoms with Gasteiger partial charge in [-0.25, -0.2) is 33.0 Å². The van der Waals surface area contributed by atoms with E-state index in [4.69, 9.17) is 25.4 Å². The van der Waals surface area contributed by atoms with Gasteiger partial charge in [-0.1, -0.05) is 11.6 Å². The van der Waals surface area contributed by atoms with E-state index in [0.717, 1.165) is 24.7 Å². The fourth-order valence-corrected chi connectivity index (χ4v) is 6.05. The number of sulfonamides is 1. The lowest BCUT2D eigenvalue weighted by molar-refractivity contribution is -0.139. The normalized spacial score (nSPS) is 23.9. The summed E-state index contributed by atoms with van der Waals surface area (Å²) in [5, 5.41) is 26.1. The van der Waals surface area contributed by atoms with E-state index in [1.807, 2.05) is 0 Å². The van der Waals surface area contributed by atoms with Gasteiger partial charge in [0.25, 0.3) is 0 Å². The summed E-state index contributed by atoms with van der Waals surface area (Å²) in [5.41, 5.74) is -1.63. The second-order valence-corrected chi connectivity index (χ2v) is 13.3. The molecule has 4 rings (SSSR count). The third-order valence-electron chi connectivity index (χ3n) is 6.06. The summed E-state index contributed by atoms with van der Waals surface area (Å²) in [5.74, 6) is -0.530. The number of nitrogens with zero attached hydrogens (tertiary/aromatic N) is 5. The minimum Gasteiger partial charge on any atom is -0.468 e. The maximum Gasteiger partial charge on any atom is 0.459 e. The van der Waals surface area contributed by atoms with Crippen molar-refractivity contribution < 1.29 is 46.5 Å². The van der Waals surface area contributed by atoms with E-state index >= 15 is 0 Å². The number of aromatic nitrogens is 4. The van der Waals surface area contributed by atoms with Crippen LogP contribution in [0.15, 0.2) is 36.9 Å². The zero-order chi connectivity index (χ0) is 30.9. The third kappa shape index (κ3) is 7.16. The molecule has 4 N–H and O–H groups in total. The monoisotopic (exact) mass is 649 g/mol. The molecular weight excluding hydrogens is 621 g/mol. The summed E-state index contributed by atoms with van der Waals surface area (Å²) in [6, 6.07) is 5.85. The van der Waals surface area contributed by atoms with Gasteiger partial charge < -0.3 is 24.2 Å². The number of carbonyl (C=O) groups excluding carboxylic acids is 1. The summed E-state index contributed by atoms with van der Waals surface area (Å²) < 4.78 is 59.7. The highest BCUT2D eigenvalue weighted by molar-refractivity contribution is 7.88. The highest BCUT2D eigenvalue weighted by Crippen LogP contribution is 2.46. The molecule has 1 aliphatic heterocycles. The quantitative estimate of drug-likeness (QED) is 0.118. The maximum absolute atomic E-state index is 13.5. The molecule has 1 aliphatic rings. The lowest BCUT2D eigenvalue weighted by Gasteiger charge is -2.27. The zero-order valence-corrected chi connectivity index (χ0v) is 25.2. The number of methoxy groups -OCH3 is 1. The van der Waals surface area contributed by atoms with Gasteiger partial charge in [0, 0.05) is 12.1 Å². The predicted molar refractivity (Wildman–Crippen MR) is 148 cm³/mol. The van der Waals surface area contributed by atoms with Crippen LogP contribution in [-0.4, -0.2) is 95.5 Å². The summed E-state index contributed by atoms with van der Waals surface area (Å²) in [7, 11) is -5.34. The number of imidazole rings is 1. The highest BCUT2D eigenvalue weighted by atomic mass is 35.5. The van der Waals surface area contributed by atoms with Crippen molar-refractivity contribution >= 4 is 52.3 Å². The van der Waals surface area contributed by atoms with Crippen molar-refractivity contribution in [1.82, 2.24) is 29.4 Å². The summed E-state index contributed by atoms with van der Waals surface area (Å²) in [6.07, 6.45) is -0.687. The smallest absolute Gasteiger partial charge is 0.459 e. The Balaban J connectivity index is 1.56. The molecule has 3 aromatic rings. The third-order valence-corrected chi connectivity index (χ3v) is 8.40. The number of hydrazine groups is 1. The SMILES string of the molecule is COC(=O)CNP(=O)(OC[C@H]1O[C@@H](n2cnc3c(N(C)NS(C)(=O)=O)ncnc32)[C@](C)(O)[C@@H]1O)Oc1ccc(Cl)cc1. The number of benzene rings is 1. The number of halogens is 1. The van der Waals surface area contributed by atoms with Gasteiger partial charge in [-0.2, -0.15) is 0 Å². The van der Waals surface area contributed by atoms with Crippen molar-refractivity contribution in [3.63, 3.8) is 0 Å². The number of hydrogen-bond donors (Lipinski definition) is 4. The number of anilines is 1. The molecule has 0 bridgehead atoms. The van der Waals surface area contributed by atoms with Crippen molar-refractivity contribution in [2.45, 2.75) is 31.0 Å². The van der Waals surface area contributed by atoms with Crippen LogP contribution in [0.5, 0.6) is 5.75 Å². The van der Waals surface area contributed by atoms with Gasteiger partial charge in [0.2, 0.25) is 10.0 Å². The van der Waals surface area contributed by atoms with E-state index in [1.54, 1.807) is 0 Å². The van der Waals surface area contributed by atoms with Crippen molar-refractivity contribution in [2.75, 3.05) is 38.6 Å². The highest BCUT2D eigenvalue weighted by Gasteiger charge is 2.54. The van der Waals surface area contributed by atoms with E-state index in [1.165, 1.54) is 49.1 Å². The Morgan fingerprint density at radius 3 is 2.62 bits per heavy atom. The van der Waals surface area contributed by atoms with Crippen LogP contribution in [0.25, 0.3) is 11.2 Å². The van der Waals surface area contributed by atoms with Gasteiger partial charge in [0.15, 0.2) is 23.2 Å². The van der Waals surface area contributed by atoms with Gasteiger partial charge in [0.05, 0.1) is 26.3 Å². The standard InChI is InChI=1S/C22H29ClN7O10PS/c1-22(33)18(32)15(10-38-41(34,27-9-16(31)37-3)40-14-7-5-13(23)6-8-14)39-21(22)30-12-26-17-19(24-11-25-20(17)30)29(2)28-42(4,35)36/h5-8,11-12,15,18,21,28,32-33H,9-10H2,1-4H3,(H,27,34)/t15-,18-,21-,22-,41?/m1/s1. The maximum atomic E-state index is 13.5. The number of hydrogen-bond acceptors (Lipinski definition) is 14. The fraction of sp³-hybridized carbons (Fsp3) is 0.455. The zero-order valence-electron chi connectivity index (χ0n) is 22.7. The molecule has 20 heteroatoms. The van der Waals surface area contributed by atoms with Gasteiger partial charge in [0.1, 0.15) is 36.4 Å². The molecule has 0 radical (unpaired) electrons. The Hall–Kier alpha value is -2.93. The molecule has 1 aromatic carbocycles. The Bertz CT molecular complexity index is 1590. The summed E-state index contributed by atoms with van der Waals surface area (Å²) in [4.78, 5) is 26.4. The first kappa shape index (κ1) is 32.0. The van der Waals surface area contributed by atoms with E-state index in [-0.39, 0.29) is 22.7 Å². The van der Waals surface area contributed by atoms with Crippen LogP contribution < -0.4 is 19.5 Å². The van der Waals surface area contributed by atoms with Gasteiger partial charge in [-0.15, -0.1) is 4.83 Å². The van der Waals surface area contributed by atoms with Crippen LogP contribution in [0.4, 0.5) is 5.82 Å². The topological polar surface area (TPSA) is 217 Å². The van der Waals surface area contributed by atoms with Crippen molar-refractivity contribution in [1.29, 1.82) is 0 Å². The molecule has 0 spiro atoms. The van der Waals surface area contributed by atoms with Crippen LogP contribution in [-0.2, 0) is 33.4 Å². The number of fused-ring (bicyclic) bond motifs is 1.